The molecular weight excluding hydrogens is 278 g/mol. The first-order valence-corrected chi connectivity index (χ1v) is 9.20. The maximum atomic E-state index is 12.1. The normalized spacial score (nSPS) is 32.8. The second kappa shape index (κ2) is 5.77. The zero-order valence-corrected chi connectivity index (χ0v) is 13.3. The number of benzene rings is 1. The van der Waals surface area contributed by atoms with E-state index in [4.69, 9.17) is 0 Å². The van der Waals surface area contributed by atoms with Crippen LogP contribution in [0.1, 0.15) is 37.7 Å². The van der Waals surface area contributed by atoms with Crippen LogP contribution in [0.25, 0.3) is 0 Å². The first-order valence-electron chi connectivity index (χ1n) is 8.32. The Morgan fingerprint density at radius 1 is 1.19 bits per heavy atom. The van der Waals surface area contributed by atoms with Gasteiger partial charge in [-0.2, -0.15) is 0 Å². The van der Waals surface area contributed by atoms with Gasteiger partial charge in [0.15, 0.2) is 0 Å². The zero-order chi connectivity index (χ0) is 14.2. The molecule has 3 atom stereocenters. The van der Waals surface area contributed by atoms with Crippen LogP contribution in [0.15, 0.2) is 29.2 Å². The van der Waals surface area contributed by atoms with E-state index in [1.165, 1.54) is 36.3 Å². The van der Waals surface area contributed by atoms with E-state index in [1.807, 2.05) is 11.8 Å². The molecule has 0 radical (unpaired) electrons. The molecule has 2 aliphatic heterocycles. The Morgan fingerprint density at radius 3 is 2.90 bits per heavy atom. The lowest BCUT2D eigenvalue weighted by Gasteiger charge is -2.30. The molecule has 1 saturated heterocycles. The number of hydrogen-bond acceptors (Lipinski definition) is 3. The van der Waals surface area contributed by atoms with Crippen molar-refractivity contribution >= 4 is 17.5 Å². The van der Waals surface area contributed by atoms with E-state index in [0.29, 0.717) is 23.0 Å². The molecular formula is C18H23NOS. The Bertz CT molecular complexity index is 519. The molecule has 1 aromatic rings. The van der Waals surface area contributed by atoms with Gasteiger partial charge in [-0.15, -0.1) is 11.8 Å². The van der Waals surface area contributed by atoms with Crippen LogP contribution in [0.4, 0.5) is 0 Å². The third-order valence-corrected chi connectivity index (χ3v) is 6.68. The molecule has 21 heavy (non-hydrogen) atoms. The predicted octanol–water partition coefficient (Wildman–Crippen LogP) is 3.54. The highest BCUT2D eigenvalue weighted by molar-refractivity contribution is 8.00. The lowest BCUT2D eigenvalue weighted by molar-refractivity contribution is -0.122. The second-order valence-corrected chi connectivity index (χ2v) is 8.06. The van der Waals surface area contributed by atoms with Crippen molar-refractivity contribution < 1.29 is 4.79 Å². The summed E-state index contributed by atoms with van der Waals surface area (Å²) >= 11 is 2.04. The van der Waals surface area contributed by atoms with Crippen molar-refractivity contribution in [2.24, 2.45) is 5.92 Å². The number of hydrogen-bond donors (Lipinski definition) is 0. The van der Waals surface area contributed by atoms with Crippen molar-refractivity contribution in [3.63, 3.8) is 0 Å². The van der Waals surface area contributed by atoms with Gasteiger partial charge in [-0.05, 0) is 50.3 Å². The number of carbonyl (C=O) groups is 1. The third-order valence-electron chi connectivity index (χ3n) is 5.38. The molecule has 0 amide bonds. The summed E-state index contributed by atoms with van der Waals surface area (Å²) in [6.07, 6.45) is 6.80. The summed E-state index contributed by atoms with van der Waals surface area (Å²) < 4.78 is 0. The fraction of sp³-hybridized carbons (Fsp3) is 0.611. The Kier molecular flexibility index (Phi) is 3.80. The lowest BCUT2D eigenvalue weighted by Crippen LogP contribution is -2.40. The van der Waals surface area contributed by atoms with Crippen molar-refractivity contribution in [2.75, 3.05) is 13.1 Å². The van der Waals surface area contributed by atoms with Gasteiger partial charge in [-0.3, -0.25) is 9.69 Å². The minimum atomic E-state index is 0.348. The average molecular weight is 301 g/mol. The van der Waals surface area contributed by atoms with Gasteiger partial charge in [0.25, 0.3) is 0 Å². The van der Waals surface area contributed by atoms with Crippen molar-refractivity contribution in [2.45, 2.75) is 54.7 Å². The van der Waals surface area contributed by atoms with Gasteiger partial charge in [-0.1, -0.05) is 18.2 Å². The Labute approximate surface area is 131 Å². The Balaban J connectivity index is 1.42. The standard InChI is InChI=1S/C18H23NOS/c20-17-8-3-6-15(17)16-7-4-10-19(16)12-14-11-13-5-1-2-9-18(13)21-14/h1-2,5,9,14-16H,3-4,6-8,10-12H2. The molecule has 3 aliphatic rings. The molecule has 1 aliphatic carbocycles. The van der Waals surface area contributed by atoms with E-state index in [-0.39, 0.29) is 0 Å². The number of ketones is 1. The monoisotopic (exact) mass is 301 g/mol. The summed E-state index contributed by atoms with van der Waals surface area (Å²) in [6.45, 7) is 2.36. The van der Waals surface area contributed by atoms with E-state index >= 15 is 0 Å². The molecule has 0 aromatic heterocycles. The van der Waals surface area contributed by atoms with Gasteiger partial charge in [-0.25, -0.2) is 0 Å². The molecule has 1 aromatic carbocycles. The van der Waals surface area contributed by atoms with Gasteiger partial charge >= 0.3 is 0 Å². The van der Waals surface area contributed by atoms with Crippen molar-refractivity contribution in [1.29, 1.82) is 0 Å². The summed E-state index contributed by atoms with van der Waals surface area (Å²) in [4.78, 5) is 16.2. The number of thioether (sulfide) groups is 1. The zero-order valence-electron chi connectivity index (χ0n) is 12.5. The molecule has 3 heteroatoms. The first-order chi connectivity index (χ1) is 10.3. The van der Waals surface area contributed by atoms with Gasteiger partial charge in [0.05, 0.1) is 0 Å². The molecule has 112 valence electrons. The molecule has 4 rings (SSSR count). The summed E-state index contributed by atoms with van der Waals surface area (Å²) in [5, 5.41) is 0.680. The van der Waals surface area contributed by atoms with Crippen LogP contribution in [0.5, 0.6) is 0 Å². The van der Waals surface area contributed by atoms with Crippen molar-refractivity contribution in [3.8, 4) is 0 Å². The van der Waals surface area contributed by atoms with Crippen LogP contribution in [-0.2, 0) is 11.2 Å². The number of fused-ring (bicyclic) bond motifs is 1. The van der Waals surface area contributed by atoms with Gasteiger partial charge in [0.2, 0.25) is 0 Å². The minimum absolute atomic E-state index is 0.348. The second-order valence-electron chi connectivity index (χ2n) is 6.72. The summed E-state index contributed by atoms with van der Waals surface area (Å²) in [5.41, 5.74) is 1.51. The molecule has 3 unspecified atom stereocenters. The SMILES string of the molecule is O=C1CCCC1C1CCCN1CC1Cc2ccccc2S1. The van der Waals surface area contributed by atoms with Crippen LogP contribution >= 0.6 is 11.8 Å². The molecule has 0 bridgehead atoms. The molecule has 1 saturated carbocycles. The lowest BCUT2D eigenvalue weighted by atomic mass is 9.95. The molecule has 2 heterocycles. The molecule has 2 fully saturated rings. The van der Waals surface area contributed by atoms with E-state index in [9.17, 15) is 4.79 Å². The predicted molar refractivity (Wildman–Crippen MR) is 86.7 cm³/mol. The number of Topliss-reactive ketones (excluding diaryl/α,β-unsaturated/α-hetero) is 1. The van der Waals surface area contributed by atoms with E-state index < -0.39 is 0 Å². The number of carbonyl (C=O) groups excluding carboxylic acids is 1. The number of nitrogens with zero attached hydrogens (tertiary/aromatic N) is 1. The Hall–Kier alpha value is -0.800. The summed E-state index contributed by atoms with van der Waals surface area (Å²) in [7, 11) is 0. The quantitative estimate of drug-likeness (QED) is 0.852. The van der Waals surface area contributed by atoms with Gasteiger partial charge in [0.1, 0.15) is 5.78 Å². The maximum absolute atomic E-state index is 12.1. The maximum Gasteiger partial charge on any atom is 0.137 e. The smallest absolute Gasteiger partial charge is 0.137 e. The summed E-state index contributed by atoms with van der Waals surface area (Å²) in [5.74, 6) is 0.885. The highest BCUT2D eigenvalue weighted by atomic mass is 32.2. The number of rotatable bonds is 3. The van der Waals surface area contributed by atoms with Crippen LogP contribution < -0.4 is 0 Å². The van der Waals surface area contributed by atoms with E-state index in [0.717, 1.165) is 25.8 Å². The summed E-state index contributed by atoms with van der Waals surface area (Å²) in [6, 6.07) is 9.36. The van der Waals surface area contributed by atoms with Crippen molar-refractivity contribution in [3.05, 3.63) is 29.8 Å². The molecule has 0 N–H and O–H groups in total. The number of likely N-dealkylation sites (tertiary alicyclic amines) is 1. The van der Waals surface area contributed by atoms with Gasteiger partial charge in [0, 0.05) is 35.1 Å². The van der Waals surface area contributed by atoms with Crippen molar-refractivity contribution in [1.82, 2.24) is 4.90 Å². The topological polar surface area (TPSA) is 20.3 Å². The van der Waals surface area contributed by atoms with Crippen LogP contribution in [0.2, 0.25) is 0 Å². The van der Waals surface area contributed by atoms with Crippen LogP contribution in [0, 0.1) is 5.92 Å². The third kappa shape index (κ3) is 2.66. The molecule has 2 nitrogen and oxygen atoms in total. The Morgan fingerprint density at radius 2 is 2.10 bits per heavy atom. The highest BCUT2D eigenvalue weighted by Gasteiger charge is 2.39. The highest BCUT2D eigenvalue weighted by Crippen LogP contribution is 2.39. The first kappa shape index (κ1) is 13.8. The molecule has 0 spiro atoms. The van der Waals surface area contributed by atoms with Crippen LogP contribution in [-0.4, -0.2) is 35.1 Å². The van der Waals surface area contributed by atoms with E-state index in [2.05, 4.69) is 29.2 Å². The van der Waals surface area contributed by atoms with E-state index in [1.54, 1.807) is 0 Å². The fourth-order valence-corrected chi connectivity index (χ4v) is 5.75. The minimum Gasteiger partial charge on any atom is -0.299 e. The fourth-order valence-electron chi connectivity index (χ4n) is 4.40. The van der Waals surface area contributed by atoms with Gasteiger partial charge < -0.3 is 0 Å². The van der Waals surface area contributed by atoms with Crippen LogP contribution in [0.3, 0.4) is 0 Å². The largest absolute Gasteiger partial charge is 0.299 e. The average Bonchev–Trinajstić information content (AvgIpc) is 3.17.